The summed E-state index contributed by atoms with van der Waals surface area (Å²) in [5.41, 5.74) is 0.342. The molecule has 78 valence electrons. The molecule has 0 amide bonds. The van der Waals surface area contributed by atoms with Gasteiger partial charge in [-0.05, 0) is 13.0 Å². The van der Waals surface area contributed by atoms with E-state index in [4.69, 9.17) is 5.11 Å². The molecule has 1 N–H and O–H groups in total. The van der Waals surface area contributed by atoms with Crippen LogP contribution in [0, 0.1) is 17.7 Å². The number of carbonyl (C=O) groups is 1. The van der Waals surface area contributed by atoms with Crippen molar-refractivity contribution in [3.63, 3.8) is 0 Å². The van der Waals surface area contributed by atoms with E-state index in [1.807, 2.05) is 0 Å². The standard InChI is InChI=1S/C12H11FO2/c1-2-5-9(8-12(14)15)10-6-3-4-7-11(10)13/h3-4,6-7,9H,8H2,1H3,(H,14,15). The van der Waals surface area contributed by atoms with E-state index < -0.39 is 17.7 Å². The Morgan fingerprint density at radius 2 is 2.20 bits per heavy atom. The van der Waals surface area contributed by atoms with Crippen molar-refractivity contribution < 1.29 is 14.3 Å². The maximum atomic E-state index is 13.4. The van der Waals surface area contributed by atoms with Gasteiger partial charge in [-0.3, -0.25) is 4.79 Å². The third kappa shape index (κ3) is 3.10. The molecule has 2 nitrogen and oxygen atoms in total. The van der Waals surface area contributed by atoms with Gasteiger partial charge >= 0.3 is 5.97 Å². The van der Waals surface area contributed by atoms with Gasteiger partial charge in [0.15, 0.2) is 0 Å². The van der Waals surface area contributed by atoms with Gasteiger partial charge in [-0.25, -0.2) is 4.39 Å². The van der Waals surface area contributed by atoms with E-state index in [0.717, 1.165) is 0 Å². The zero-order chi connectivity index (χ0) is 11.3. The van der Waals surface area contributed by atoms with Gasteiger partial charge in [0.05, 0.1) is 12.3 Å². The summed E-state index contributed by atoms with van der Waals surface area (Å²) in [6.07, 6.45) is -0.179. The number of halogens is 1. The third-order valence-electron chi connectivity index (χ3n) is 1.98. The van der Waals surface area contributed by atoms with Gasteiger partial charge in [0.1, 0.15) is 5.82 Å². The highest BCUT2D eigenvalue weighted by molar-refractivity contribution is 5.69. The maximum Gasteiger partial charge on any atom is 0.304 e. The monoisotopic (exact) mass is 206 g/mol. The van der Waals surface area contributed by atoms with E-state index >= 15 is 0 Å². The number of benzene rings is 1. The Bertz CT molecular complexity index is 415. The quantitative estimate of drug-likeness (QED) is 0.771. The highest BCUT2D eigenvalue weighted by atomic mass is 19.1. The Morgan fingerprint density at radius 3 is 2.73 bits per heavy atom. The normalized spacial score (nSPS) is 11.3. The van der Waals surface area contributed by atoms with E-state index in [0.29, 0.717) is 5.56 Å². The van der Waals surface area contributed by atoms with Crippen molar-refractivity contribution in [3.05, 3.63) is 35.6 Å². The summed E-state index contributed by atoms with van der Waals surface area (Å²) in [4.78, 5) is 10.6. The van der Waals surface area contributed by atoms with E-state index in [1.165, 1.54) is 6.07 Å². The van der Waals surface area contributed by atoms with Crippen LogP contribution in [0.2, 0.25) is 0 Å². The van der Waals surface area contributed by atoms with Gasteiger partial charge in [0.2, 0.25) is 0 Å². The molecule has 0 aliphatic carbocycles. The van der Waals surface area contributed by atoms with Crippen LogP contribution < -0.4 is 0 Å². The molecule has 0 spiro atoms. The fraction of sp³-hybridized carbons (Fsp3) is 0.250. The van der Waals surface area contributed by atoms with Crippen molar-refractivity contribution in [2.45, 2.75) is 19.3 Å². The Hall–Kier alpha value is -1.82. The van der Waals surface area contributed by atoms with Gasteiger partial charge in [0.25, 0.3) is 0 Å². The minimum Gasteiger partial charge on any atom is -0.481 e. The zero-order valence-electron chi connectivity index (χ0n) is 8.33. The van der Waals surface area contributed by atoms with Gasteiger partial charge < -0.3 is 5.11 Å². The van der Waals surface area contributed by atoms with Crippen LogP contribution in [0.3, 0.4) is 0 Å². The third-order valence-corrected chi connectivity index (χ3v) is 1.98. The maximum absolute atomic E-state index is 13.4. The van der Waals surface area contributed by atoms with E-state index in [2.05, 4.69) is 11.8 Å². The highest BCUT2D eigenvalue weighted by Gasteiger charge is 2.16. The summed E-state index contributed by atoms with van der Waals surface area (Å²) in [6, 6.07) is 6.11. The molecular weight excluding hydrogens is 195 g/mol. The van der Waals surface area contributed by atoms with Crippen molar-refractivity contribution in [2.24, 2.45) is 0 Å². The number of hydrogen-bond donors (Lipinski definition) is 1. The van der Waals surface area contributed by atoms with E-state index in [-0.39, 0.29) is 6.42 Å². The second-order valence-corrected chi connectivity index (χ2v) is 3.07. The molecule has 0 aromatic heterocycles. The molecule has 1 unspecified atom stereocenters. The molecule has 1 rings (SSSR count). The van der Waals surface area contributed by atoms with Crippen LogP contribution in [0.25, 0.3) is 0 Å². The number of carboxylic acids is 1. The lowest BCUT2D eigenvalue weighted by atomic mass is 9.96. The number of rotatable bonds is 3. The van der Waals surface area contributed by atoms with E-state index in [1.54, 1.807) is 25.1 Å². The first-order chi connectivity index (χ1) is 7.15. The van der Waals surface area contributed by atoms with Gasteiger partial charge in [-0.15, -0.1) is 5.92 Å². The molecule has 0 aliphatic heterocycles. The van der Waals surface area contributed by atoms with Crippen molar-refractivity contribution in [1.29, 1.82) is 0 Å². The first kappa shape index (κ1) is 11.3. The van der Waals surface area contributed by atoms with Crippen LogP contribution in [-0.2, 0) is 4.79 Å². The Morgan fingerprint density at radius 1 is 1.53 bits per heavy atom. The Balaban J connectivity index is 3.02. The van der Waals surface area contributed by atoms with Crippen molar-refractivity contribution in [2.75, 3.05) is 0 Å². The summed E-state index contributed by atoms with van der Waals surface area (Å²) in [5, 5.41) is 8.67. The molecule has 0 saturated heterocycles. The fourth-order valence-corrected chi connectivity index (χ4v) is 1.35. The fourth-order valence-electron chi connectivity index (χ4n) is 1.35. The van der Waals surface area contributed by atoms with Gasteiger partial charge in [0, 0.05) is 5.56 Å². The summed E-state index contributed by atoms with van der Waals surface area (Å²) >= 11 is 0. The second-order valence-electron chi connectivity index (χ2n) is 3.07. The van der Waals surface area contributed by atoms with Crippen LogP contribution in [0.4, 0.5) is 4.39 Å². The predicted molar refractivity (Wildman–Crippen MR) is 54.8 cm³/mol. The molecule has 1 aromatic rings. The summed E-state index contributed by atoms with van der Waals surface area (Å²) in [7, 11) is 0. The van der Waals surface area contributed by atoms with Gasteiger partial charge in [-0.1, -0.05) is 24.1 Å². The van der Waals surface area contributed by atoms with Crippen molar-refractivity contribution >= 4 is 5.97 Å². The molecule has 1 atom stereocenters. The molecule has 0 fully saturated rings. The molecule has 0 radical (unpaired) electrons. The molecule has 3 heteroatoms. The summed E-state index contributed by atoms with van der Waals surface area (Å²) in [5.74, 6) is 3.35. The predicted octanol–water partition coefficient (Wildman–Crippen LogP) is 2.41. The first-order valence-electron chi connectivity index (χ1n) is 4.53. The average Bonchev–Trinajstić information content (AvgIpc) is 2.17. The molecule has 15 heavy (non-hydrogen) atoms. The van der Waals surface area contributed by atoms with Crippen molar-refractivity contribution in [1.82, 2.24) is 0 Å². The van der Waals surface area contributed by atoms with Crippen LogP contribution in [-0.4, -0.2) is 11.1 Å². The zero-order valence-corrected chi connectivity index (χ0v) is 8.33. The lowest BCUT2D eigenvalue weighted by Gasteiger charge is -2.08. The van der Waals surface area contributed by atoms with Crippen LogP contribution in [0.15, 0.2) is 24.3 Å². The number of aliphatic carboxylic acids is 1. The molecule has 0 saturated carbocycles. The second kappa shape index (κ2) is 5.16. The molecular formula is C12H11FO2. The first-order valence-corrected chi connectivity index (χ1v) is 4.53. The summed E-state index contributed by atoms with van der Waals surface area (Å²) < 4.78 is 13.4. The topological polar surface area (TPSA) is 37.3 Å². The molecule has 0 bridgehead atoms. The molecule has 1 aromatic carbocycles. The smallest absolute Gasteiger partial charge is 0.304 e. The van der Waals surface area contributed by atoms with Crippen LogP contribution in [0.5, 0.6) is 0 Å². The lowest BCUT2D eigenvalue weighted by molar-refractivity contribution is -0.137. The minimum atomic E-state index is -0.981. The highest BCUT2D eigenvalue weighted by Crippen LogP contribution is 2.21. The van der Waals surface area contributed by atoms with Crippen LogP contribution in [0.1, 0.15) is 24.8 Å². The Labute approximate surface area is 87.7 Å². The van der Waals surface area contributed by atoms with Crippen molar-refractivity contribution in [3.8, 4) is 11.8 Å². The SMILES string of the molecule is CC#CC(CC(=O)O)c1ccccc1F. The largest absolute Gasteiger partial charge is 0.481 e. The number of hydrogen-bond acceptors (Lipinski definition) is 1. The molecule has 0 heterocycles. The molecule has 0 aliphatic rings. The van der Waals surface area contributed by atoms with E-state index in [9.17, 15) is 9.18 Å². The minimum absolute atomic E-state index is 0.179. The summed E-state index contributed by atoms with van der Waals surface area (Å²) in [6.45, 7) is 1.61. The lowest BCUT2D eigenvalue weighted by Crippen LogP contribution is -2.06. The average molecular weight is 206 g/mol. The Kier molecular flexibility index (Phi) is 3.87. The number of carboxylic acid groups (broad SMARTS) is 1. The van der Waals surface area contributed by atoms with Crippen LogP contribution >= 0.6 is 0 Å². The van der Waals surface area contributed by atoms with Gasteiger partial charge in [-0.2, -0.15) is 0 Å².